The second kappa shape index (κ2) is 15.1. The lowest BCUT2D eigenvalue weighted by Crippen LogP contribution is -2.13. The fourth-order valence-electron chi connectivity index (χ4n) is 5.33. The highest BCUT2D eigenvalue weighted by Gasteiger charge is 2.16. The van der Waals surface area contributed by atoms with Gasteiger partial charge in [0, 0.05) is 64.3 Å². The van der Waals surface area contributed by atoms with Crippen molar-refractivity contribution in [2.75, 3.05) is 21.3 Å². The van der Waals surface area contributed by atoms with Gasteiger partial charge in [-0.3, -0.25) is 19.2 Å². The maximum Gasteiger partial charge on any atom is 0.259 e. The molecular formula is C38H38N8O4. The van der Waals surface area contributed by atoms with E-state index in [4.69, 9.17) is 0 Å². The number of aromatic nitrogens is 4. The molecular weight excluding hydrogens is 632 g/mol. The molecule has 0 fully saturated rings. The van der Waals surface area contributed by atoms with Gasteiger partial charge in [0.2, 0.25) is 11.8 Å². The molecule has 4 N–H and O–H groups in total. The molecule has 0 saturated carbocycles. The van der Waals surface area contributed by atoms with Crippen molar-refractivity contribution in [1.29, 1.82) is 0 Å². The van der Waals surface area contributed by atoms with Crippen LogP contribution in [0.4, 0.5) is 22.7 Å². The highest BCUT2D eigenvalue weighted by molar-refractivity contribution is 6.09. The van der Waals surface area contributed by atoms with E-state index in [1.165, 1.54) is 6.08 Å². The molecule has 50 heavy (non-hydrogen) atoms. The molecule has 4 aromatic heterocycles. The van der Waals surface area contributed by atoms with Crippen LogP contribution in [0.3, 0.4) is 0 Å². The normalized spacial score (nSPS) is 10.6. The zero-order valence-electron chi connectivity index (χ0n) is 28.5. The molecule has 0 bridgehead atoms. The lowest BCUT2D eigenvalue weighted by Gasteiger charge is -2.08. The van der Waals surface area contributed by atoms with Gasteiger partial charge < -0.3 is 30.1 Å². The zero-order valence-corrected chi connectivity index (χ0v) is 28.5. The minimum Gasteiger partial charge on any atom is -0.326 e. The third kappa shape index (κ3) is 8.11. The van der Waals surface area contributed by atoms with Gasteiger partial charge in [-0.2, -0.15) is 0 Å². The summed E-state index contributed by atoms with van der Waals surface area (Å²) in [5, 5.41) is 11.1. The Balaban J connectivity index is 0.000000194. The molecule has 12 nitrogen and oxygen atoms in total. The van der Waals surface area contributed by atoms with Crippen LogP contribution in [0.15, 0.2) is 97.8 Å². The molecule has 0 aliphatic carbocycles. The summed E-state index contributed by atoms with van der Waals surface area (Å²) in [6, 6.07) is 21.4. The summed E-state index contributed by atoms with van der Waals surface area (Å²) in [5.41, 5.74) is 8.41. The molecule has 0 atom stereocenters. The van der Waals surface area contributed by atoms with E-state index in [1.54, 1.807) is 67.6 Å². The number of anilines is 4. The summed E-state index contributed by atoms with van der Waals surface area (Å²) >= 11 is 0. The van der Waals surface area contributed by atoms with Gasteiger partial charge in [0.25, 0.3) is 11.8 Å². The van der Waals surface area contributed by atoms with Crippen molar-refractivity contribution >= 4 is 57.7 Å². The van der Waals surface area contributed by atoms with E-state index in [1.807, 2.05) is 61.0 Å². The molecule has 254 valence electrons. The van der Waals surface area contributed by atoms with Crippen LogP contribution in [-0.2, 0) is 9.59 Å². The number of hydrogen-bond donors (Lipinski definition) is 4. The largest absolute Gasteiger partial charge is 0.326 e. The highest BCUT2D eigenvalue weighted by atomic mass is 16.2. The molecule has 0 aliphatic heterocycles. The van der Waals surface area contributed by atoms with E-state index < -0.39 is 0 Å². The van der Waals surface area contributed by atoms with Gasteiger partial charge in [0.1, 0.15) is 11.3 Å². The number of rotatable bonds is 8. The first kappa shape index (κ1) is 34.8. The lowest BCUT2D eigenvalue weighted by molar-refractivity contribution is -0.116. The number of fused-ring (bicyclic) bond motifs is 2. The van der Waals surface area contributed by atoms with Crippen LogP contribution in [0.2, 0.25) is 0 Å². The smallest absolute Gasteiger partial charge is 0.259 e. The van der Waals surface area contributed by atoms with Crippen molar-refractivity contribution in [3.63, 3.8) is 0 Å². The molecule has 0 unspecified atom stereocenters. The molecule has 2 aromatic carbocycles. The minimum absolute atomic E-state index is 0.0722. The van der Waals surface area contributed by atoms with Crippen molar-refractivity contribution in [2.24, 2.45) is 0 Å². The van der Waals surface area contributed by atoms with Crippen LogP contribution in [0.5, 0.6) is 0 Å². The number of carbonyl (C=O) groups is 4. The average molecular weight is 671 g/mol. The van der Waals surface area contributed by atoms with Crippen molar-refractivity contribution < 1.29 is 19.2 Å². The summed E-state index contributed by atoms with van der Waals surface area (Å²) in [7, 11) is 0. The van der Waals surface area contributed by atoms with Gasteiger partial charge >= 0.3 is 0 Å². The Morgan fingerprint density at radius 1 is 0.640 bits per heavy atom. The minimum atomic E-state index is -0.308. The van der Waals surface area contributed by atoms with Gasteiger partial charge in [-0.1, -0.05) is 25.6 Å². The van der Waals surface area contributed by atoms with Gasteiger partial charge in [0.15, 0.2) is 0 Å². The number of nitrogens with zero attached hydrogens (tertiary/aromatic N) is 4. The lowest BCUT2D eigenvalue weighted by atomic mass is 10.2. The Kier molecular flexibility index (Phi) is 10.5. The second-order valence-electron chi connectivity index (χ2n) is 11.6. The van der Waals surface area contributed by atoms with Crippen LogP contribution in [0, 0.1) is 27.7 Å². The number of aryl methyl sites for hydroxylation is 4. The standard InChI is InChI=1S/C19H20N4O2.C19H18N4O2/c2*1-4-17(24)21-14-6-5-7-15(11-14)22-19(25)16-8-9-23-13(3)10-12(2)20-18(16)23/h5-11H,4H2,1-3H3,(H,21,24)(H,22,25);4-11H,1H2,2-3H3,(H,21,24)(H,22,25). The Morgan fingerprint density at radius 3 is 1.48 bits per heavy atom. The molecule has 12 heteroatoms. The highest BCUT2D eigenvalue weighted by Crippen LogP contribution is 2.21. The van der Waals surface area contributed by atoms with E-state index in [0.29, 0.717) is 51.6 Å². The van der Waals surface area contributed by atoms with Crippen LogP contribution in [-0.4, -0.2) is 42.4 Å². The zero-order chi connectivity index (χ0) is 35.9. The first-order valence-corrected chi connectivity index (χ1v) is 15.9. The Hall–Kier alpha value is -6.56. The van der Waals surface area contributed by atoms with Gasteiger partial charge in [-0.15, -0.1) is 0 Å². The number of nitrogens with one attached hydrogen (secondary N) is 4. The molecule has 0 radical (unpaired) electrons. The number of carbonyl (C=O) groups excluding carboxylic acids is 4. The Morgan fingerprint density at radius 2 is 1.06 bits per heavy atom. The topological polar surface area (TPSA) is 151 Å². The summed E-state index contributed by atoms with van der Waals surface area (Å²) in [6.07, 6.45) is 5.25. The predicted molar refractivity (Wildman–Crippen MR) is 196 cm³/mol. The quantitative estimate of drug-likeness (QED) is 0.130. The van der Waals surface area contributed by atoms with Gasteiger partial charge in [0.05, 0.1) is 11.1 Å². The monoisotopic (exact) mass is 670 g/mol. The van der Waals surface area contributed by atoms with E-state index in [2.05, 4.69) is 37.8 Å². The maximum absolute atomic E-state index is 12.6. The van der Waals surface area contributed by atoms with Crippen LogP contribution >= 0.6 is 0 Å². The number of benzene rings is 2. The maximum atomic E-state index is 12.6. The SMILES string of the molecule is C=CC(=O)Nc1cccc(NC(=O)c2ccn3c(C)cc(C)nc23)c1.CCC(=O)Nc1cccc(NC(=O)c2ccn3c(C)cc(C)nc23)c1. The molecule has 0 spiro atoms. The van der Waals surface area contributed by atoms with Crippen molar-refractivity contribution in [1.82, 2.24) is 18.8 Å². The number of hydrogen-bond acceptors (Lipinski definition) is 6. The van der Waals surface area contributed by atoms with E-state index >= 15 is 0 Å². The summed E-state index contributed by atoms with van der Waals surface area (Å²) in [6.45, 7) is 12.9. The fraction of sp³-hybridized carbons (Fsp3) is 0.158. The summed E-state index contributed by atoms with van der Waals surface area (Å²) in [5.74, 6) is -0.875. The van der Waals surface area contributed by atoms with Gasteiger partial charge in [-0.05, 0) is 94.4 Å². The number of amides is 4. The second-order valence-corrected chi connectivity index (χ2v) is 11.6. The van der Waals surface area contributed by atoms with E-state index in [0.717, 1.165) is 22.8 Å². The molecule has 0 saturated heterocycles. The third-order valence-electron chi connectivity index (χ3n) is 7.67. The van der Waals surface area contributed by atoms with Gasteiger partial charge in [-0.25, -0.2) is 9.97 Å². The third-order valence-corrected chi connectivity index (χ3v) is 7.67. The molecule has 4 heterocycles. The average Bonchev–Trinajstić information content (AvgIpc) is 3.70. The Bertz CT molecular complexity index is 2270. The predicted octanol–water partition coefficient (Wildman–Crippen LogP) is 6.88. The van der Waals surface area contributed by atoms with Crippen LogP contribution in [0.25, 0.3) is 11.3 Å². The summed E-state index contributed by atoms with van der Waals surface area (Å²) < 4.78 is 3.77. The van der Waals surface area contributed by atoms with E-state index in [-0.39, 0.29) is 23.6 Å². The molecule has 0 aliphatic rings. The van der Waals surface area contributed by atoms with Crippen LogP contribution < -0.4 is 21.3 Å². The van der Waals surface area contributed by atoms with Crippen LogP contribution in [0.1, 0.15) is 56.8 Å². The first-order chi connectivity index (χ1) is 23.9. The van der Waals surface area contributed by atoms with Crippen molar-refractivity contribution in [2.45, 2.75) is 41.0 Å². The molecule has 4 amide bonds. The van der Waals surface area contributed by atoms with E-state index in [9.17, 15) is 19.2 Å². The molecule has 6 aromatic rings. The summed E-state index contributed by atoms with van der Waals surface area (Å²) in [4.78, 5) is 57.1. The van der Waals surface area contributed by atoms with Crippen molar-refractivity contribution in [3.8, 4) is 0 Å². The van der Waals surface area contributed by atoms with Crippen molar-refractivity contribution in [3.05, 3.63) is 132 Å². The fourth-order valence-corrected chi connectivity index (χ4v) is 5.33. The first-order valence-electron chi connectivity index (χ1n) is 15.9. The molecule has 6 rings (SSSR count). The Labute approximate surface area is 289 Å².